The van der Waals surface area contributed by atoms with E-state index in [1.807, 2.05) is 0 Å². The van der Waals surface area contributed by atoms with Crippen molar-refractivity contribution >= 4 is 0 Å². The van der Waals surface area contributed by atoms with Gasteiger partial charge in [0.2, 0.25) is 5.89 Å². The van der Waals surface area contributed by atoms with Crippen LogP contribution in [0, 0.1) is 0 Å². The van der Waals surface area contributed by atoms with E-state index in [1.165, 1.54) is 36.8 Å². The zero-order valence-electron chi connectivity index (χ0n) is 12.2. The fourth-order valence-electron chi connectivity index (χ4n) is 3.61. The first-order chi connectivity index (χ1) is 10.4. The fraction of sp³-hybridized carbons (Fsp3) is 0.529. The monoisotopic (exact) mass is 283 g/mol. The van der Waals surface area contributed by atoms with Crippen molar-refractivity contribution in [1.29, 1.82) is 0 Å². The minimum absolute atomic E-state index is 0.381. The highest BCUT2D eigenvalue weighted by molar-refractivity contribution is 5.34. The molecule has 0 radical (unpaired) electrons. The molecule has 0 spiro atoms. The van der Waals surface area contributed by atoms with Gasteiger partial charge in [-0.05, 0) is 36.8 Å². The first kappa shape index (κ1) is 13.0. The lowest BCUT2D eigenvalue weighted by molar-refractivity contribution is 0.351. The van der Waals surface area contributed by atoms with Gasteiger partial charge in [0.25, 0.3) is 0 Å². The van der Waals surface area contributed by atoms with E-state index in [9.17, 15) is 0 Å². The summed E-state index contributed by atoms with van der Waals surface area (Å²) < 4.78 is 5.41. The van der Waals surface area contributed by atoms with Gasteiger partial charge in [-0.2, -0.15) is 4.98 Å². The van der Waals surface area contributed by atoms with Crippen LogP contribution in [-0.4, -0.2) is 16.2 Å². The maximum atomic E-state index is 5.41. The number of fused-ring (bicyclic) bond motifs is 1. The zero-order valence-corrected chi connectivity index (χ0v) is 12.2. The third-order valence-corrected chi connectivity index (χ3v) is 4.80. The Bertz CT molecular complexity index is 591. The third-order valence-electron chi connectivity index (χ3n) is 4.80. The van der Waals surface area contributed by atoms with Gasteiger partial charge in [-0.25, -0.2) is 0 Å². The van der Waals surface area contributed by atoms with Crippen LogP contribution in [0.25, 0.3) is 0 Å². The largest absolute Gasteiger partial charge is 0.338 e. The molecule has 110 valence electrons. The number of nitrogens with zero attached hydrogens (tertiary/aromatic N) is 2. The maximum Gasteiger partial charge on any atom is 0.240 e. The Hall–Kier alpha value is -1.68. The van der Waals surface area contributed by atoms with E-state index in [0.29, 0.717) is 18.5 Å². The lowest BCUT2D eigenvalue weighted by Gasteiger charge is -2.08. The van der Waals surface area contributed by atoms with Crippen molar-refractivity contribution < 1.29 is 4.52 Å². The summed E-state index contributed by atoms with van der Waals surface area (Å²) in [5.41, 5.74) is 2.86. The van der Waals surface area contributed by atoms with Crippen LogP contribution in [-0.2, 0) is 19.4 Å². The molecule has 4 heteroatoms. The van der Waals surface area contributed by atoms with E-state index in [4.69, 9.17) is 4.52 Å². The molecule has 2 aromatic rings. The van der Waals surface area contributed by atoms with Crippen LogP contribution in [0.3, 0.4) is 0 Å². The van der Waals surface area contributed by atoms with Gasteiger partial charge < -0.3 is 9.84 Å². The molecule has 0 atom stereocenters. The number of benzene rings is 1. The van der Waals surface area contributed by atoms with Crippen molar-refractivity contribution in [2.45, 2.75) is 57.0 Å². The summed E-state index contributed by atoms with van der Waals surface area (Å²) in [5, 5.41) is 7.72. The SMILES string of the molecule is c1ccc2c(c1)CC(c1noc(CNC3CCCC3)n1)C2. The van der Waals surface area contributed by atoms with Crippen molar-refractivity contribution in [1.82, 2.24) is 15.5 Å². The summed E-state index contributed by atoms with van der Waals surface area (Å²) in [6, 6.07) is 9.26. The van der Waals surface area contributed by atoms with Gasteiger partial charge in [-0.15, -0.1) is 0 Å². The molecule has 2 aliphatic rings. The Labute approximate surface area is 124 Å². The van der Waals surface area contributed by atoms with Crippen LogP contribution >= 0.6 is 0 Å². The van der Waals surface area contributed by atoms with E-state index in [0.717, 1.165) is 24.6 Å². The second-order valence-corrected chi connectivity index (χ2v) is 6.28. The Morgan fingerprint density at radius 3 is 2.52 bits per heavy atom. The van der Waals surface area contributed by atoms with Gasteiger partial charge in [0.15, 0.2) is 5.82 Å². The molecule has 2 aliphatic carbocycles. The van der Waals surface area contributed by atoms with Crippen LogP contribution in [0.4, 0.5) is 0 Å². The topological polar surface area (TPSA) is 51.0 Å². The number of aromatic nitrogens is 2. The average molecular weight is 283 g/mol. The van der Waals surface area contributed by atoms with E-state index in [2.05, 4.69) is 39.7 Å². The first-order valence-corrected chi connectivity index (χ1v) is 8.01. The fourth-order valence-corrected chi connectivity index (χ4v) is 3.61. The summed E-state index contributed by atoms with van der Waals surface area (Å²) in [5.74, 6) is 1.98. The quantitative estimate of drug-likeness (QED) is 0.937. The summed E-state index contributed by atoms with van der Waals surface area (Å²) >= 11 is 0. The van der Waals surface area contributed by atoms with Crippen LogP contribution < -0.4 is 5.32 Å². The Kier molecular flexibility index (Phi) is 3.47. The Balaban J connectivity index is 1.39. The second kappa shape index (κ2) is 5.60. The van der Waals surface area contributed by atoms with Crippen molar-refractivity contribution in [2.75, 3.05) is 0 Å². The normalized spacial score (nSPS) is 19.2. The molecule has 1 saturated carbocycles. The van der Waals surface area contributed by atoms with Crippen molar-refractivity contribution in [3.05, 3.63) is 47.1 Å². The predicted octanol–water partition coefficient (Wildman–Crippen LogP) is 2.98. The maximum absolute atomic E-state index is 5.41. The molecule has 4 rings (SSSR count). The van der Waals surface area contributed by atoms with E-state index in [-0.39, 0.29) is 0 Å². The number of nitrogens with one attached hydrogen (secondary N) is 1. The molecule has 0 unspecified atom stereocenters. The van der Waals surface area contributed by atoms with Gasteiger partial charge in [-0.1, -0.05) is 42.3 Å². The van der Waals surface area contributed by atoms with Crippen molar-refractivity contribution in [2.24, 2.45) is 0 Å². The molecular formula is C17H21N3O. The molecule has 1 aromatic heterocycles. The highest BCUT2D eigenvalue weighted by Gasteiger charge is 2.26. The van der Waals surface area contributed by atoms with Crippen molar-refractivity contribution in [3.8, 4) is 0 Å². The molecule has 21 heavy (non-hydrogen) atoms. The molecule has 4 nitrogen and oxygen atoms in total. The molecule has 0 bridgehead atoms. The number of hydrogen-bond acceptors (Lipinski definition) is 4. The van der Waals surface area contributed by atoms with E-state index in [1.54, 1.807) is 0 Å². The predicted molar refractivity (Wildman–Crippen MR) is 80.0 cm³/mol. The van der Waals surface area contributed by atoms with Crippen LogP contribution in [0.2, 0.25) is 0 Å². The van der Waals surface area contributed by atoms with Crippen LogP contribution in [0.1, 0.15) is 54.4 Å². The molecule has 1 aromatic carbocycles. The highest BCUT2D eigenvalue weighted by Crippen LogP contribution is 2.32. The second-order valence-electron chi connectivity index (χ2n) is 6.28. The molecule has 0 aliphatic heterocycles. The van der Waals surface area contributed by atoms with Gasteiger partial charge in [0.05, 0.1) is 6.54 Å². The standard InChI is InChI=1S/C17H21N3O/c1-2-6-13-10-14(9-12(13)5-1)17-19-16(21-20-17)11-18-15-7-3-4-8-15/h1-2,5-6,14-15,18H,3-4,7-11H2. The lowest BCUT2D eigenvalue weighted by Crippen LogP contribution is -2.25. The molecule has 1 N–H and O–H groups in total. The highest BCUT2D eigenvalue weighted by atomic mass is 16.5. The zero-order chi connectivity index (χ0) is 14.1. The molecule has 0 amide bonds. The summed E-state index contributed by atoms with van der Waals surface area (Å²) in [7, 11) is 0. The Morgan fingerprint density at radius 1 is 1.10 bits per heavy atom. The average Bonchev–Trinajstić information content (AvgIpc) is 3.24. The smallest absolute Gasteiger partial charge is 0.240 e. The summed E-state index contributed by atoms with van der Waals surface area (Å²) in [6.07, 6.45) is 7.30. The van der Waals surface area contributed by atoms with E-state index < -0.39 is 0 Å². The summed E-state index contributed by atoms with van der Waals surface area (Å²) in [6.45, 7) is 0.706. The van der Waals surface area contributed by atoms with Gasteiger partial charge in [-0.3, -0.25) is 0 Å². The van der Waals surface area contributed by atoms with Gasteiger partial charge in [0, 0.05) is 12.0 Å². The lowest BCUT2D eigenvalue weighted by atomic mass is 10.1. The minimum atomic E-state index is 0.381. The van der Waals surface area contributed by atoms with Crippen LogP contribution in [0.15, 0.2) is 28.8 Å². The van der Waals surface area contributed by atoms with Crippen LogP contribution in [0.5, 0.6) is 0 Å². The molecule has 1 heterocycles. The first-order valence-electron chi connectivity index (χ1n) is 8.01. The molecular weight excluding hydrogens is 262 g/mol. The minimum Gasteiger partial charge on any atom is -0.338 e. The Morgan fingerprint density at radius 2 is 1.81 bits per heavy atom. The van der Waals surface area contributed by atoms with Gasteiger partial charge >= 0.3 is 0 Å². The number of rotatable bonds is 4. The molecule has 0 saturated heterocycles. The molecule has 1 fully saturated rings. The van der Waals surface area contributed by atoms with E-state index >= 15 is 0 Å². The van der Waals surface area contributed by atoms with Gasteiger partial charge in [0.1, 0.15) is 0 Å². The van der Waals surface area contributed by atoms with Crippen molar-refractivity contribution in [3.63, 3.8) is 0 Å². The number of hydrogen-bond donors (Lipinski definition) is 1. The summed E-state index contributed by atoms with van der Waals surface area (Å²) in [4.78, 5) is 4.60. The third kappa shape index (κ3) is 2.72.